The fraction of sp³-hybridized carbons (Fsp3) is 0.545. The average Bonchev–Trinajstić information content (AvgIpc) is 2.46. The molecule has 0 aliphatic carbocycles. The zero-order valence-electron chi connectivity index (χ0n) is 9.52. The molecule has 0 aliphatic heterocycles. The van der Waals surface area contributed by atoms with Crippen molar-refractivity contribution in [2.45, 2.75) is 27.3 Å². The molecule has 1 aromatic heterocycles. The van der Waals surface area contributed by atoms with E-state index in [0.717, 1.165) is 6.54 Å². The van der Waals surface area contributed by atoms with E-state index in [1.165, 1.54) is 15.3 Å². The van der Waals surface area contributed by atoms with Gasteiger partial charge in [-0.3, -0.25) is 4.79 Å². The maximum atomic E-state index is 11.2. The Morgan fingerprint density at radius 3 is 2.73 bits per heavy atom. The molecule has 1 amide bonds. The quantitative estimate of drug-likeness (QED) is 0.800. The lowest BCUT2D eigenvalue weighted by molar-refractivity contribution is -0.120. The van der Waals surface area contributed by atoms with Crippen LogP contribution in [0.5, 0.6) is 0 Å². The van der Waals surface area contributed by atoms with Gasteiger partial charge in [-0.1, -0.05) is 0 Å². The summed E-state index contributed by atoms with van der Waals surface area (Å²) in [7, 11) is 0. The third kappa shape index (κ3) is 4.01. The first-order valence-electron chi connectivity index (χ1n) is 5.16. The number of carbonyl (C=O) groups is 1. The molecule has 0 saturated heterocycles. The molecule has 84 valence electrons. The fourth-order valence-corrected chi connectivity index (χ4v) is 2.38. The Morgan fingerprint density at radius 1 is 1.47 bits per heavy atom. The maximum Gasteiger partial charge on any atom is 0.233 e. The molecule has 2 N–H and O–H groups in total. The number of carbonyl (C=O) groups excluding carboxylic acids is 1. The van der Waals surface area contributed by atoms with Crippen molar-refractivity contribution in [2.75, 3.05) is 13.1 Å². The van der Waals surface area contributed by atoms with E-state index in [0.29, 0.717) is 13.1 Å². The second kappa shape index (κ2) is 5.88. The second-order valence-electron chi connectivity index (χ2n) is 3.50. The van der Waals surface area contributed by atoms with Crippen LogP contribution in [0.3, 0.4) is 0 Å². The van der Waals surface area contributed by atoms with Crippen LogP contribution < -0.4 is 10.6 Å². The molecule has 4 heteroatoms. The van der Waals surface area contributed by atoms with Crippen molar-refractivity contribution in [1.82, 2.24) is 10.6 Å². The number of nitrogens with one attached hydrogen (secondary N) is 2. The predicted octanol–water partition coefficient (Wildman–Crippen LogP) is 1.59. The predicted molar refractivity (Wildman–Crippen MR) is 64.2 cm³/mol. The van der Waals surface area contributed by atoms with Crippen LogP contribution in [-0.4, -0.2) is 19.0 Å². The minimum absolute atomic E-state index is 0.0575. The summed E-state index contributed by atoms with van der Waals surface area (Å²) in [6, 6.07) is 2.17. The summed E-state index contributed by atoms with van der Waals surface area (Å²) in [5.41, 5.74) is 1.29. The zero-order valence-corrected chi connectivity index (χ0v) is 10.3. The highest BCUT2D eigenvalue weighted by atomic mass is 32.1. The van der Waals surface area contributed by atoms with Gasteiger partial charge >= 0.3 is 0 Å². The number of likely N-dealkylation sites (N-methyl/N-ethyl adjacent to an activating group) is 1. The van der Waals surface area contributed by atoms with Gasteiger partial charge in [-0.2, -0.15) is 0 Å². The van der Waals surface area contributed by atoms with Crippen LogP contribution in [0.2, 0.25) is 0 Å². The van der Waals surface area contributed by atoms with Gasteiger partial charge < -0.3 is 10.6 Å². The van der Waals surface area contributed by atoms with E-state index in [9.17, 15) is 4.79 Å². The van der Waals surface area contributed by atoms with Gasteiger partial charge in [0.2, 0.25) is 5.91 Å². The van der Waals surface area contributed by atoms with Crippen LogP contribution in [0.25, 0.3) is 0 Å². The van der Waals surface area contributed by atoms with Gasteiger partial charge in [0.05, 0.1) is 6.54 Å². The Kier molecular flexibility index (Phi) is 4.78. The largest absolute Gasteiger partial charge is 0.355 e. The molecule has 1 heterocycles. The summed E-state index contributed by atoms with van der Waals surface area (Å²) in [5, 5.41) is 5.89. The monoisotopic (exact) mass is 226 g/mol. The minimum Gasteiger partial charge on any atom is -0.355 e. The highest BCUT2D eigenvalue weighted by molar-refractivity contribution is 7.12. The standard InChI is InChI=1S/C11H18N2OS/c1-4-13-11(14)7-12-6-10-5-8(2)15-9(10)3/h5,12H,4,6-7H2,1-3H3,(H,13,14). The Balaban J connectivity index is 2.31. The number of amides is 1. The van der Waals surface area contributed by atoms with Gasteiger partial charge in [0.1, 0.15) is 0 Å². The van der Waals surface area contributed by atoms with E-state index in [2.05, 4.69) is 30.5 Å². The normalized spacial score (nSPS) is 10.3. The van der Waals surface area contributed by atoms with Crippen molar-refractivity contribution in [1.29, 1.82) is 0 Å². The highest BCUT2D eigenvalue weighted by Gasteiger charge is 2.03. The van der Waals surface area contributed by atoms with Crippen LogP contribution in [0, 0.1) is 13.8 Å². The van der Waals surface area contributed by atoms with Crippen LogP contribution >= 0.6 is 11.3 Å². The molecule has 0 unspecified atom stereocenters. The summed E-state index contributed by atoms with van der Waals surface area (Å²) < 4.78 is 0. The molecule has 0 fully saturated rings. The lowest BCUT2D eigenvalue weighted by Gasteiger charge is -2.04. The lowest BCUT2D eigenvalue weighted by atomic mass is 10.2. The molecular formula is C11H18N2OS. The molecule has 0 radical (unpaired) electrons. The van der Waals surface area contributed by atoms with Crippen LogP contribution in [0.1, 0.15) is 22.2 Å². The molecule has 0 spiro atoms. The molecular weight excluding hydrogens is 208 g/mol. The first kappa shape index (κ1) is 12.2. The van der Waals surface area contributed by atoms with E-state index in [1.807, 2.05) is 6.92 Å². The molecule has 1 rings (SSSR count). The van der Waals surface area contributed by atoms with Gasteiger partial charge in [0, 0.05) is 22.8 Å². The summed E-state index contributed by atoms with van der Waals surface area (Å²) in [5.74, 6) is 0.0575. The van der Waals surface area contributed by atoms with Gasteiger partial charge in [-0.15, -0.1) is 11.3 Å². The van der Waals surface area contributed by atoms with Crippen LogP contribution in [0.15, 0.2) is 6.07 Å². The molecule has 15 heavy (non-hydrogen) atoms. The Morgan fingerprint density at radius 2 is 2.20 bits per heavy atom. The summed E-state index contributed by atoms with van der Waals surface area (Å²) in [6.45, 7) is 7.99. The van der Waals surface area contributed by atoms with Gasteiger partial charge in [-0.25, -0.2) is 0 Å². The van der Waals surface area contributed by atoms with Crippen molar-refractivity contribution in [2.24, 2.45) is 0 Å². The van der Waals surface area contributed by atoms with E-state index in [4.69, 9.17) is 0 Å². The number of hydrogen-bond acceptors (Lipinski definition) is 3. The number of rotatable bonds is 5. The van der Waals surface area contributed by atoms with Crippen LogP contribution in [-0.2, 0) is 11.3 Å². The van der Waals surface area contributed by atoms with Gasteiger partial charge in [0.25, 0.3) is 0 Å². The third-order valence-electron chi connectivity index (χ3n) is 2.12. The first-order valence-corrected chi connectivity index (χ1v) is 5.98. The smallest absolute Gasteiger partial charge is 0.233 e. The summed E-state index contributed by atoms with van der Waals surface area (Å²) >= 11 is 1.80. The SMILES string of the molecule is CCNC(=O)CNCc1cc(C)sc1C. The lowest BCUT2D eigenvalue weighted by Crippen LogP contribution is -2.33. The Bertz CT molecular complexity index is 333. The Labute approximate surface area is 94.9 Å². The van der Waals surface area contributed by atoms with Gasteiger partial charge in [0.15, 0.2) is 0 Å². The van der Waals surface area contributed by atoms with E-state index in [-0.39, 0.29) is 5.91 Å². The number of aryl methyl sites for hydroxylation is 2. The Hall–Kier alpha value is -0.870. The molecule has 0 atom stereocenters. The molecule has 1 aromatic rings. The molecule has 3 nitrogen and oxygen atoms in total. The van der Waals surface area contributed by atoms with E-state index in [1.54, 1.807) is 11.3 Å². The molecule has 0 aliphatic rings. The third-order valence-corrected chi connectivity index (χ3v) is 3.13. The molecule has 0 bridgehead atoms. The second-order valence-corrected chi connectivity index (χ2v) is 4.96. The van der Waals surface area contributed by atoms with Crippen molar-refractivity contribution < 1.29 is 4.79 Å². The molecule has 0 saturated carbocycles. The van der Waals surface area contributed by atoms with Gasteiger partial charge in [-0.05, 0) is 32.4 Å². The van der Waals surface area contributed by atoms with Crippen molar-refractivity contribution in [3.63, 3.8) is 0 Å². The molecule has 0 aromatic carbocycles. The zero-order chi connectivity index (χ0) is 11.3. The summed E-state index contributed by atoms with van der Waals surface area (Å²) in [6.07, 6.45) is 0. The average molecular weight is 226 g/mol. The number of hydrogen-bond donors (Lipinski definition) is 2. The van der Waals surface area contributed by atoms with Crippen molar-refractivity contribution in [3.05, 3.63) is 21.4 Å². The topological polar surface area (TPSA) is 41.1 Å². The minimum atomic E-state index is 0.0575. The highest BCUT2D eigenvalue weighted by Crippen LogP contribution is 2.19. The fourth-order valence-electron chi connectivity index (χ4n) is 1.43. The van der Waals surface area contributed by atoms with Crippen molar-refractivity contribution in [3.8, 4) is 0 Å². The van der Waals surface area contributed by atoms with E-state index >= 15 is 0 Å². The first-order chi connectivity index (χ1) is 7.13. The van der Waals surface area contributed by atoms with E-state index < -0.39 is 0 Å². The number of thiophene rings is 1. The maximum absolute atomic E-state index is 11.2. The van der Waals surface area contributed by atoms with Crippen molar-refractivity contribution >= 4 is 17.2 Å². The summed E-state index contributed by atoms with van der Waals surface area (Å²) in [4.78, 5) is 13.8. The van der Waals surface area contributed by atoms with Crippen LogP contribution in [0.4, 0.5) is 0 Å².